The van der Waals surface area contributed by atoms with Gasteiger partial charge in [-0.15, -0.1) is 0 Å². The van der Waals surface area contributed by atoms with Gasteiger partial charge in [0.15, 0.2) is 0 Å². The highest BCUT2D eigenvalue weighted by Gasteiger charge is 2.29. The number of benzene rings is 2. The molecule has 5 rings (SSSR count). The summed E-state index contributed by atoms with van der Waals surface area (Å²) in [5, 5.41) is 3.61. The van der Waals surface area contributed by atoms with Crippen LogP contribution in [0.25, 0.3) is 0 Å². The summed E-state index contributed by atoms with van der Waals surface area (Å²) < 4.78 is 0. The van der Waals surface area contributed by atoms with Gasteiger partial charge in [-0.05, 0) is 48.4 Å². The number of hydrogen-bond donors (Lipinski definition) is 1. The number of anilines is 1. The first-order valence-corrected chi connectivity index (χ1v) is 12.1. The van der Waals surface area contributed by atoms with Crippen LogP contribution < -0.4 is 10.2 Å². The van der Waals surface area contributed by atoms with Gasteiger partial charge in [0, 0.05) is 45.0 Å². The van der Waals surface area contributed by atoms with Crippen molar-refractivity contribution in [2.75, 3.05) is 37.6 Å². The van der Waals surface area contributed by atoms with Crippen molar-refractivity contribution >= 4 is 11.7 Å². The number of amides is 1. The van der Waals surface area contributed by atoms with Crippen molar-refractivity contribution in [1.29, 1.82) is 0 Å². The fourth-order valence-corrected chi connectivity index (χ4v) is 5.12. The zero-order valence-electron chi connectivity index (χ0n) is 19.1. The molecule has 1 aromatic heterocycles. The Morgan fingerprint density at radius 1 is 0.909 bits per heavy atom. The first-order chi connectivity index (χ1) is 16.3. The number of piperazine rings is 1. The van der Waals surface area contributed by atoms with E-state index in [1.165, 1.54) is 11.1 Å². The molecule has 2 aliphatic heterocycles. The molecule has 1 unspecified atom stereocenters. The minimum absolute atomic E-state index is 0.117. The molecule has 5 nitrogen and oxygen atoms in total. The van der Waals surface area contributed by atoms with Crippen LogP contribution in [0, 0.1) is 5.92 Å². The van der Waals surface area contributed by atoms with Gasteiger partial charge in [-0.3, -0.25) is 4.79 Å². The predicted octanol–water partition coefficient (Wildman–Crippen LogP) is 4.33. The molecule has 2 saturated heterocycles. The zero-order chi connectivity index (χ0) is 22.5. The average molecular weight is 441 g/mol. The summed E-state index contributed by atoms with van der Waals surface area (Å²) in [7, 11) is 0. The summed E-state index contributed by atoms with van der Waals surface area (Å²) in [5.41, 5.74) is 3.39. The Kier molecular flexibility index (Phi) is 6.68. The average Bonchev–Trinajstić information content (AvgIpc) is 2.90. The molecule has 1 N–H and O–H groups in total. The molecule has 3 aromatic rings. The number of pyridine rings is 1. The fourth-order valence-electron chi connectivity index (χ4n) is 5.12. The normalized spacial score (nSPS) is 19.5. The minimum atomic E-state index is 0.117. The van der Waals surface area contributed by atoms with Gasteiger partial charge in [0.2, 0.25) is 0 Å². The molecular formula is C28H32N4O. The van der Waals surface area contributed by atoms with E-state index in [1.807, 2.05) is 23.1 Å². The topological polar surface area (TPSA) is 48.5 Å². The van der Waals surface area contributed by atoms with Gasteiger partial charge in [-0.2, -0.15) is 0 Å². The zero-order valence-corrected chi connectivity index (χ0v) is 19.1. The third kappa shape index (κ3) is 5.09. The monoisotopic (exact) mass is 440 g/mol. The van der Waals surface area contributed by atoms with Gasteiger partial charge in [0.1, 0.15) is 5.82 Å². The molecule has 0 bridgehead atoms. The fraction of sp³-hybridized carbons (Fsp3) is 0.357. The number of hydrogen-bond acceptors (Lipinski definition) is 4. The van der Waals surface area contributed by atoms with Gasteiger partial charge in [-0.25, -0.2) is 4.98 Å². The Balaban J connectivity index is 1.25. The number of carbonyl (C=O) groups excluding carboxylic acids is 1. The maximum Gasteiger partial charge on any atom is 0.257 e. The molecule has 2 aromatic carbocycles. The molecule has 2 fully saturated rings. The number of nitrogens with one attached hydrogen (secondary N) is 1. The third-order valence-corrected chi connectivity index (χ3v) is 6.96. The quantitative estimate of drug-likeness (QED) is 0.642. The second-order valence-corrected chi connectivity index (χ2v) is 9.16. The van der Waals surface area contributed by atoms with Crippen molar-refractivity contribution in [3.05, 3.63) is 95.7 Å². The molecule has 0 spiro atoms. The first-order valence-electron chi connectivity index (χ1n) is 12.1. The van der Waals surface area contributed by atoms with Gasteiger partial charge in [0.05, 0.1) is 5.56 Å². The predicted molar refractivity (Wildman–Crippen MR) is 132 cm³/mol. The minimum Gasteiger partial charge on any atom is -0.353 e. The van der Waals surface area contributed by atoms with Crippen molar-refractivity contribution in [2.24, 2.45) is 5.92 Å². The lowest BCUT2D eigenvalue weighted by Crippen LogP contribution is -2.47. The second-order valence-electron chi connectivity index (χ2n) is 9.16. The van der Waals surface area contributed by atoms with E-state index in [2.05, 4.69) is 69.8 Å². The van der Waals surface area contributed by atoms with Crippen LogP contribution >= 0.6 is 0 Å². The standard InChI is InChI=1S/C28H32N4O/c33-28(31-17-13-23(14-18-31)20-22-8-3-1-4-9-22)25-12-7-15-30-27(25)32-19-16-29-26(21-32)24-10-5-2-6-11-24/h1-12,15,23,26,29H,13-14,16-21H2. The van der Waals surface area contributed by atoms with Gasteiger partial charge in [-0.1, -0.05) is 60.7 Å². The van der Waals surface area contributed by atoms with Crippen molar-refractivity contribution < 1.29 is 4.79 Å². The highest BCUT2D eigenvalue weighted by Crippen LogP contribution is 2.27. The highest BCUT2D eigenvalue weighted by molar-refractivity contribution is 5.99. The number of carbonyl (C=O) groups is 1. The lowest BCUT2D eigenvalue weighted by Gasteiger charge is -2.37. The number of likely N-dealkylation sites (tertiary alicyclic amines) is 1. The molecule has 0 radical (unpaired) electrons. The number of rotatable bonds is 5. The van der Waals surface area contributed by atoms with E-state index in [0.717, 1.165) is 63.4 Å². The van der Waals surface area contributed by atoms with Crippen molar-refractivity contribution in [3.8, 4) is 0 Å². The number of nitrogens with zero attached hydrogens (tertiary/aromatic N) is 3. The Morgan fingerprint density at radius 2 is 1.64 bits per heavy atom. The van der Waals surface area contributed by atoms with Crippen molar-refractivity contribution in [2.45, 2.75) is 25.3 Å². The molecule has 1 atom stereocenters. The van der Waals surface area contributed by atoms with Crippen LogP contribution in [0.4, 0.5) is 5.82 Å². The molecule has 0 saturated carbocycles. The van der Waals surface area contributed by atoms with E-state index in [1.54, 1.807) is 6.20 Å². The van der Waals surface area contributed by atoms with Gasteiger partial charge >= 0.3 is 0 Å². The summed E-state index contributed by atoms with van der Waals surface area (Å²) in [6.07, 6.45) is 5.01. The number of aromatic nitrogens is 1. The maximum atomic E-state index is 13.5. The maximum absolute atomic E-state index is 13.5. The van der Waals surface area contributed by atoms with Crippen molar-refractivity contribution in [3.63, 3.8) is 0 Å². The molecule has 2 aliphatic rings. The largest absolute Gasteiger partial charge is 0.353 e. The summed E-state index contributed by atoms with van der Waals surface area (Å²) in [4.78, 5) is 22.5. The Bertz CT molecular complexity index is 1050. The molecule has 0 aliphatic carbocycles. The van der Waals surface area contributed by atoms with Crippen LogP contribution in [-0.4, -0.2) is 48.5 Å². The smallest absolute Gasteiger partial charge is 0.257 e. The summed E-state index contributed by atoms with van der Waals surface area (Å²) in [5.74, 6) is 1.58. The molecule has 1 amide bonds. The van der Waals surface area contributed by atoms with Crippen LogP contribution in [0.15, 0.2) is 79.0 Å². The Morgan fingerprint density at radius 3 is 2.39 bits per heavy atom. The molecule has 170 valence electrons. The van der Waals surface area contributed by atoms with Crippen LogP contribution in [0.3, 0.4) is 0 Å². The van der Waals surface area contributed by atoms with E-state index < -0.39 is 0 Å². The summed E-state index contributed by atoms with van der Waals surface area (Å²) >= 11 is 0. The SMILES string of the molecule is O=C(c1cccnc1N1CCNC(c2ccccc2)C1)N1CCC(Cc2ccccc2)CC1. The van der Waals surface area contributed by atoms with E-state index in [-0.39, 0.29) is 11.9 Å². The first kappa shape index (κ1) is 21.7. The number of piperidine rings is 1. The molecule has 3 heterocycles. The van der Waals surface area contributed by atoms with E-state index in [0.29, 0.717) is 5.92 Å². The van der Waals surface area contributed by atoms with E-state index in [9.17, 15) is 4.79 Å². The Hall–Kier alpha value is -3.18. The Labute approximate surface area is 196 Å². The molecule has 33 heavy (non-hydrogen) atoms. The van der Waals surface area contributed by atoms with Crippen LogP contribution in [0.1, 0.15) is 40.4 Å². The van der Waals surface area contributed by atoms with Crippen molar-refractivity contribution in [1.82, 2.24) is 15.2 Å². The van der Waals surface area contributed by atoms with Crippen LogP contribution in [0.2, 0.25) is 0 Å². The van der Waals surface area contributed by atoms with Gasteiger partial charge < -0.3 is 15.1 Å². The van der Waals surface area contributed by atoms with E-state index >= 15 is 0 Å². The highest BCUT2D eigenvalue weighted by atomic mass is 16.2. The summed E-state index contributed by atoms with van der Waals surface area (Å²) in [6, 6.07) is 25.3. The summed E-state index contributed by atoms with van der Waals surface area (Å²) in [6.45, 7) is 4.16. The molecule has 5 heteroatoms. The van der Waals surface area contributed by atoms with Crippen LogP contribution in [0.5, 0.6) is 0 Å². The third-order valence-electron chi connectivity index (χ3n) is 6.96. The van der Waals surface area contributed by atoms with E-state index in [4.69, 9.17) is 0 Å². The van der Waals surface area contributed by atoms with Gasteiger partial charge in [0.25, 0.3) is 5.91 Å². The van der Waals surface area contributed by atoms with Crippen LogP contribution in [-0.2, 0) is 6.42 Å². The second kappa shape index (κ2) is 10.2. The molecular weight excluding hydrogens is 408 g/mol. The lowest BCUT2D eigenvalue weighted by molar-refractivity contribution is 0.0690. The lowest BCUT2D eigenvalue weighted by atomic mass is 9.90.